The van der Waals surface area contributed by atoms with Gasteiger partial charge in [-0.15, -0.1) is 0 Å². The molecule has 1 aliphatic heterocycles. The summed E-state index contributed by atoms with van der Waals surface area (Å²) < 4.78 is 14.0. The van der Waals surface area contributed by atoms with Crippen LogP contribution < -0.4 is 10.2 Å². The van der Waals surface area contributed by atoms with Crippen molar-refractivity contribution in [3.63, 3.8) is 0 Å². The van der Waals surface area contributed by atoms with E-state index in [1.165, 1.54) is 25.7 Å². The summed E-state index contributed by atoms with van der Waals surface area (Å²) in [5, 5.41) is 3.79. The number of halogens is 2. The van der Waals surface area contributed by atoms with Crippen molar-refractivity contribution in [2.45, 2.75) is 50.6 Å². The van der Waals surface area contributed by atoms with Gasteiger partial charge >= 0.3 is 0 Å². The van der Waals surface area contributed by atoms with Gasteiger partial charge in [0.2, 0.25) is 0 Å². The molecule has 1 N–H and O–H groups in total. The lowest BCUT2D eigenvalue weighted by atomic mass is 9.91. The summed E-state index contributed by atoms with van der Waals surface area (Å²) >= 11 is 3.31. The Morgan fingerprint density at radius 1 is 1.40 bits per heavy atom. The lowest BCUT2D eigenvalue weighted by Gasteiger charge is -2.47. The van der Waals surface area contributed by atoms with Gasteiger partial charge < -0.3 is 10.2 Å². The molecule has 1 saturated carbocycles. The van der Waals surface area contributed by atoms with Gasteiger partial charge in [0, 0.05) is 30.4 Å². The molecule has 4 heteroatoms. The van der Waals surface area contributed by atoms with Crippen molar-refractivity contribution in [1.29, 1.82) is 0 Å². The Kier molecular flexibility index (Phi) is 4.04. The molecular formula is C16H22BrFN2. The van der Waals surface area contributed by atoms with E-state index in [9.17, 15) is 4.39 Å². The average molecular weight is 341 g/mol. The van der Waals surface area contributed by atoms with Crippen LogP contribution >= 0.6 is 15.9 Å². The first kappa shape index (κ1) is 14.3. The molecule has 1 saturated heterocycles. The molecule has 1 unspecified atom stereocenters. The van der Waals surface area contributed by atoms with Crippen molar-refractivity contribution in [3.05, 3.63) is 28.5 Å². The first-order valence-corrected chi connectivity index (χ1v) is 8.39. The van der Waals surface area contributed by atoms with Crippen LogP contribution in [0, 0.1) is 5.82 Å². The molecule has 2 aliphatic rings. The Balaban J connectivity index is 1.88. The number of hydrogen-bond donors (Lipinski definition) is 1. The highest BCUT2D eigenvalue weighted by atomic mass is 79.9. The highest BCUT2D eigenvalue weighted by molar-refractivity contribution is 9.10. The van der Waals surface area contributed by atoms with Crippen molar-refractivity contribution in [2.75, 3.05) is 18.0 Å². The van der Waals surface area contributed by atoms with Gasteiger partial charge in [0.05, 0.1) is 4.47 Å². The van der Waals surface area contributed by atoms with Crippen LogP contribution in [-0.4, -0.2) is 24.7 Å². The van der Waals surface area contributed by atoms with Gasteiger partial charge in [-0.1, -0.05) is 19.8 Å². The number of nitrogens with one attached hydrogen (secondary N) is 1. The molecule has 1 aromatic rings. The summed E-state index contributed by atoms with van der Waals surface area (Å²) in [4.78, 5) is 2.48. The standard InChI is InChI=1S/C16H22BrFN2/c1-2-12-10-19-16(7-3-4-8-16)11-20(12)13-5-6-15(18)14(17)9-13/h5-6,9,12,19H,2-4,7-8,10-11H2,1H3. The van der Waals surface area contributed by atoms with Crippen LogP contribution in [0.15, 0.2) is 22.7 Å². The van der Waals surface area contributed by atoms with E-state index >= 15 is 0 Å². The van der Waals surface area contributed by atoms with Crippen LogP contribution in [0.25, 0.3) is 0 Å². The second kappa shape index (κ2) is 5.64. The third kappa shape index (κ3) is 2.60. The summed E-state index contributed by atoms with van der Waals surface area (Å²) in [7, 11) is 0. The van der Waals surface area contributed by atoms with Gasteiger partial charge in [-0.3, -0.25) is 0 Å². The van der Waals surface area contributed by atoms with Crippen molar-refractivity contribution in [3.8, 4) is 0 Å². The molecule has 2 fully saturated rings. The second-order valence-electron chi connectivity index (χ2n) is 6.16. The van der Waals surface area contributed by atoms with Gasteiger partial charge in [-0.25, -0.2) is 4.39 Å². The molecule has 0 bridgehead atoms. The first-order chi connectivity index (χ1) is 9.63. The molecule has 0 amide bonds. The number of hydrogen-bond acceptors (Lipinski definition) is 2. The van der Waals surface area contributed by atoms with Crippen molar-refractivity contribution in [2.24, 2.45) is 0 Å². The second-order valence-corrected chi connectivity index (χ2v) is 7.01. The Morgan fingerprint density at radius 3 is 2.80 bits per heavy atom. The number of anilines is 1. The van der Waals surface area contributed by atoms with Crippen LogP contribution in [0.1, 0.15) is 39.0 Å². The van der Waals surface area contributed by atoms with Crippen LogP contribution in [-0.2, 0) is 0 Å². The van der Waals surface area contributed by atoms with Crippen molar-refractivity contribution in [1.82, 2.24) is 5.32 Å². The minimum Gasteiger partial charge on any atom is -0.365 e. The molecule has 0 aromatic heterocycles. The number of benzene rings is 1. The summed E-state index contributed by atoms with van der Waals surface area (Å²) in [5.74, 6) is -0.187. The molecule has 0 radical (unpaired) electrons. The van der Waals surface area contributed by atoms with Gasteiger partial charge in [0.1, 0.15) is 5.82 Å². The Morgan fingerprint density at radius 2 is 2.15 bits per heavy atom. The van der Waals surface area contributed by atoms with E-state index in [0.29, 0.717) is 10.5 Å². The van der Waals surface area contributed by atoms with E-state index in [2.05, 4.69) is 33.1 Å². The Bertz CT molecular complexity index is 485. The smallest absolute Gasteiger partial charge is 0.137 e. The quantitative estimate of drug-likeness (QED) is 0.872. The fourth-order valence-corrected chi connectivity index (χ4v) is 4.04. The SMILES string of the molecule is CCC1CNC2(CCCC2)CN1c1ccc(F)c(Br)c1. The molecule has 2 nitrogen and oxygen atoms in total. The zero-order valence-corrected chi connectivity index (χ0v) is 13.5. The third-order valence-corrected chi connectivity index (χ3v) is 5.50. The van der Waals surface area contributed by atoms with E-state index in [4.69, 9.17) is 0 Å². The van der Waals surface area contributed by atoms with E-state index in [1.807, 2.05) is 12.1 Å². The van der Waals surface area contributed by atoms with Gasteiger partial charge in [-0.05, 0) is 53.4 Å². The summed E-state index contributed by atoms with van der Waals surface area (Å²) in [6.07, 6.45) is 6.29. The monoisotopic (exact) mass is 340 g/mol. The van der Waals surface area contributed by atoms with Gasteiger partial charge in [-0.2, -0.15) is 0 Å². The van der Waals surface area contributed by atoms with E-state index in [1.54, 1.807) is 6.07 Å². The third-order valence-electron chi connectivity index (χ3n) is 4.89. The van der Waals surface area contributed by atoms with Crippen LogP contribution in [0.2, 0.25) is 0 Å². The zero-order valence-electron chi connectivity index (χ0n) is 12.0. The maximum atomic E-state index is 13.5. The van der Waals surface area contributed by atoms with Crippen LogP contribution in [0.4, 0.5) is 10.1 Å². The molecule has 110 valence electrons. The van der Waals surface area contributed by atoms with Gasteiger partial charge in [0.25, 0.3) is 0 Å². The molecule has 20 heavy (non-hydrogen) atoms. The first-order valence-electron chi connectivity index (χ1n) is 7.60. The van der Waals surface area contributed by atoms with E-state index in [-0.39, 0.29) is 11.4 Å². The maximum Gasteiger partial charge on any atom is 0.137 e. The van der Waals surface area contributed by atoms with Crippen LogP contribution in [0.3, 0.4) is 0 Å². The Hall–Kier alpha value is -0.610. The summed E-state index contributed by atoms with van der Waals surface area (Å²) in [6, 6.07) is 5.90. The van der Waals surface area contributed by atoms with Crippen LogP contribution in [0.5, 0.6) is 0 Å². The fourth-order valence-electron chi connectivity index (χ4n) is 3.67. The highest BCUT2D eigenvalue weighted by Crippen LogP contribution is 2.36. The lowest BCUT2D eigenvalue weighted by molar-refractivity contribution is 0.267. The number of rotatable bonds is 2. The molecule has 1 aromatic carbocycles. The molecule has 1 aliphatic carbocycles. The Labute approximate surface area is 128 Å². The van der Waals surface area contributed by atoms with Gasteiger partial charge in [0.15, 0.2) is 0 Å². The lowest BCUT2D eigenvalue weighted by Crippen LogP contribution is -2.63. The normalized spacial score (nSPS) is 25.4. The predicted molar refractivity (Wildman–Crippen MR) is 84.7 cm³/mol. The summed E-state index contributed by atoms with van der Waals surface area (Å²) in [5.41, 5.74) is 1.42. The summed E-state index contributed by atoms with van der Waals surface area (Å²) in [6.45, 7) is 4.31. The minimum absolute atomic E-state index is 0.187. The zero-order chi connectivity index (χ0) is 14.2. The highest BCUT2D eigenvalue weighted by Gasteiger charge is 2.40. The largest absolute Gasteiger partial charge is 0.365 e. The number of piperazine rings is 1. The van der Waals surface area contributed by atoms with E-state index < -0.39 is 0 Å². The molecule has 1 spiro atoms. The minimum atomic E-state index is -0.187. The van der Waals surface area contributed by atoms with Crippen molar-refractivity contribution >= 4 is 21.6 Å². The molecule has 3 rings (SSSR count). The van der Waals surface area contributed by atoms with Crippen molar-refractivity contribution < 1.29 is 4.39 Å². The molecule has 1 heterocycles. The fraction of sp³-hybridized carbons (Fsp3) is 0.625. The number of nitrogens with zero attached hydrogens (tertiary/aromatic N) is 1. The molecule has 1 atom stereocenters. The topological polar surface area (TPSA) is 15.3 Å². The predicted octanol–water partition coefficient (Wildman–Crippen LogP) is 4.09. The average Bonchev–Trinajstić information content (AvgIpc) is 2.90. The maximum absolute atomic E-state index is 13.5. The van der Waals surface area contributed by atoms with E-state index in [0.717, 1.165) is 25.2 Å². The molecular weight excluding hydrogens is 319 g/mol.